The maximum atomic E-state index is 5.92. The maximum Gasteiger partial charge on any atom is 0.127 e. The van der Waals surface area contributed by atoms with Crippen LogP contribution in [-0.4, -0.2) is 0 Å². The third-order valence-electron chi connectivity index (χ3n) is 6.28. The minimum Gasteiger partial charge on any atom is -0.457 e. The second-order valence-electron chi connectivity index (χ2n) is 8.51. The Morgan fingerprint density at radius 2 is 1.32 bits per heavy atom. The molecule has 0 amide bonds. The first kappa shape index (κ1) is 20.8. The Balaban J connectivity index is 1.39. The van der Waals surface area contributed by atoms with E-state index in [0.29, 0.717) is 0 Å². The van der Waals surface area contributed by atoms with E-state index in [1.165, 1.54) is 76.2 Å². The van der Waals surface area contributed by atoms with E-state index in [9.17, 15) is 0 Å². The normalized spacial score (nSPS) is 19.5. The molecule has 0 unspecified atom stereocenters. The quantitative estimate of drug-likeness (QED) is 0.334. The first-order valence-corrected chi connectivity index (χ1v) is 11.4. The summed E-state index contributed by atoms with van der Waals surface area (Å²) in [5.74, 6) is 3.42. The first-order valence-electron chi connectivity index (χ1n) is 11.4. The van der Waals surface area contributed by atoms with Gasteiger partial charge in [-0.15, -0.1) is 0 Å². The highest BCUT2D eigenvalue weighted by molar-refractivity contribution is 5.43. The molecule has 1 aliphatic rings. The zero-order chi connectivity index (χ0) is 19.6. The van der Waals surface area contributed by atoms with Crippen molar-refractivity contribution in [2.24, 2.45) is 5.92 Å². The lowest BCUT2D eigenvalue weighted by atomic mass is 9.77. The zero-order valence-corrected chi connectivity index (χ0v) is 17.5. The summed E-state index contributed by atoms with van der Waals surface area (Å²) in [6.45, 7) is 2.29. The number of ether oxygens (including phenoxy) is 1. The number of rotatable bonds is 10. The Labute approximate surface area is 171 Å². The summed E-state index contributed by atoms with van der Waals surface area (Å²) in [7, 11) is 0. The predicted octanol–water partition coefficient (Wildman–Crippen LogP) is 8.09. The van der Waals surface area contributed by atoms with Gasteiger partial charge in [0.15, 0.2) is 0 Å². The smallest absolute Gasteiger partial charge is 0.127 e. The molecule has 0 saturated heterocycles. The highest BCUT2D eigenvalue weighted by Gasteiger charge is 2.22. The van der Waals surface area contributed by atoms with Crippen molar-refractivity contribution in [3.8, 4) is 11.5 Å². The van der Waals surface area contributed by atoms with E-state index >= 15 is 0 Å². The third kappa shape index (κ3) is 6.58. The van der Waals surface area contributed by atoms with Gasteiger partial charge in [-0.3, -0.25) is 0 Å². The molecule has 2 heteroatoms. The van der Waals surface area contributed by atoms with Crippen molar-refractivity contribution in [2.45, 2.75) is 83.5 Å². The van der Waals surface area contributed by atoms with Gasteiger partial charge in [0.2, 0.25) is 0 Å². The van der Waals surface area contributed by atoms with Gasteiger partial charge in [0, 0.05) is 5.69 Å². The molecule has 0 spiro atoms. The topological polar surface area (TPSA) is 35.2 Å². The Bertz CT molecular complexity index is 669. The molecule has 2 N–H and O–H groups in total. The SMILES string of the molecule is CCCCCCCCC1CCC(c2ccc(Oc3ccc(N)cc3)cc2)CC1. The van der Waals surface area contributed by atoms with Crippen molar-refractivity contribution in [2.75, 3.05) is 5.73 Å². The average Bonchev–Trinajstić information content (AvgIpc) is 2.73. The van der Waals surface area contributed by atoms with Crippen LogP contribution in [0.1, 0.15) is 89.0 Å². The summed E-state index contributed by atoms with van der Waals surface area (Å²) >= 11 is 0. The Morgan fingerprint density at radius 1 is 0.750 bits per heavy atom. The van der Waals surface area contributed by atoms with Crippen LogP contribution in [-0.2, 0) is 0 Å². The van der Waals surface area contributed by atoms with Gasteiger partial charge in [-0.2, -0.15) is 0 Å². The number of nitrogen functional groups attached to an aromatic ring is 1. The number of hydrogen-bond acceptors (Lipinski definition) is 2. The van der Waals surface area contributed by atoms with E-state index in [-0.39, 0.29) is 0 Å². The molecule has 0 bridgehead atoms. The molecular formula is C26H37NO. The van der Waals surface area contributed by atoms with Gasteiger partial charge in [-0.1, -0.05) is 64.0 Å². The van der Waals surface area contributed by atoms with Gasteiger partial charge in [0.1, 0.15) is 11.5 Å². The summed E-state index contributed by atoms with van der Waals surface area (Å²) in [5.41, 5.74) is 7.96. The molecule has 2 nitrogen and oxygen atoms in total. The highest BCUT2D eigenvalue weighted by atomic mass is 16.5. The van der Waals surface area contributed by atoms with Gasteiger partial charge in [0.05, 0.1) is 0 Å². The highest BCUT2D eigenvalue weighted by Crippen LogP contribution is 2.38. The summed E-state index contributed by atoms with van der Waals surface area (Å²) < 4.78 is 5.92. The number of hydrogen-bond donors (Lipinski definition) is 1. The zero-order valence-electron chi connectivity index (χ0n) is 17.5. The molecule has 3 rings (SSSR count). The van der Waals surface area contributed by atoms with Crippen molar-refractivity contribution >= 4 is 5.69 Å². The van der Waals surface area contributed by atoms with Crippen LogP contribution < -0.4 is 10.5 Å². The molecule has 0 aliphatic heterocycles. The molecule has 0 aromatic heterocycles. The van der Waals surface area contributed by atoms with Crippen molar-refractivity contribution in [1.82, 2.24) is 0 Å². The van der Waals surface area contributed by atoms with Gasteiger partial charge < -0.3 is 10.5 Å². The Kier molecular flexibility index (Phi) is 8.26. The lowest BCUT2D eigenvalue weighted by Crippen LogP contribution is -2.13. The second kappa shape index (κ2) is 11.1. The minimum absolute atomic E-state index is 0.728. The second-order valence-corrected chi connectivity index (χ2v) is 8.51. The summed E-state index contributed by atoms with van der Waals surface area (Å²) in [4.78, 5) is 0. The Morgan fingerprint density at radius 3 is 1.96 bits per heavy atom. The molecule has 1 aliphatic carbocycles. The van der Waals surface area contributed by atoms with Crippen LogP contribution in [0.2, 0.25) is 0 Å². The van der Waals surface area contributed by atoms with E-state index in [2.05, 4.69) is 31.2 Å². The van der Waals surface area contributed by atoms with Crippen LogP contribution in [0.4, 0.5) is 5.69 Å². The fourth-order valence-electron chi connectivity index (χ4n) is 4.48. The van der Waals surface area contributed by atoms with Gasteiger partial charge >= 0.3 is 0 Å². The van der Waals surface area contributed by atoms with Crippen LogP contribution in [0, 0.1) is 5.92 Å². The minimum atomic E-state index is 0.728. The van der Waals surface area contributed by atoms with Crippen LogP contribution in [0.25, 0.3) is 0 Å². The van der Waals surface area contributed by atoms with E-state index in [0.717, 1.165) is 29.0 Å². The van der Waals surface area contributed by atoms with E-state index < -0.39 is 0 Å². The Hall–Kier alpha value is -1.96. The van der Waals surface area contributed by atoms with E-state index in [4.69, 9.17) is 10.5 Å². The van der Waals surface area contributed by atoms with Gasteiger partial charge in [0.25, 0.3) is 0 Å². The first-order chi connectivity index (χ1) is 13.7. The van der Waals surface area contributed by atoms with E-state index in [1.54, 1.807) is 0 Å². The van der Waals surface area contributed by atoms with Crippen molar-refractivity contribution < 1.29 is 4.74 Å². The number of nitrogens with two attached hydrogens (primary N) is 1. The lowest BCUT2D eigenvalue weighted by molar-refractivity contribution is 0.301. The van der Waals surface area contributed by atoms with E-state index in [1.807, 2.05) is 24.3 Å². The lowest BCUT2D eigenvalue weighted by Gasteiger charge is -2.29. The standard InChI is InChI=1S/C26H37NO/c1-2-3-4-5-6-7-8-21-9-11-22(12-10-21)23-13-17-25(18-14-23)28-26-19-15-24(27)16-20-26/h13-22H,2-12,27H2,1H3. The van der Waals surface area contributed by atoms with Crippen molar-refractivity contribution in [3.05, 3.63) is 54.1 Å². The molecule has 28 heavy (non-hydrogen) atoms. The fourth-order valence-corrected chi connectivity index (χ4v) is 4.48. The molecule has 2 aromatic carbocycles. The molecule has 0 radical (unpaired) electrons. The molecular weight excluding hydrogens is 342 g/mol. The molecule has 0 heterocycles. The third-order valence-corrected chi connectivity index (χ3v) is 6.28. The number of anilines is 1. The predicted molar refractivity (Wildman–Crippen MR) is 120 cm³/mol. The van der Waals surface area contributed by atoms with Crippen molar-refractivity contribution in [1.29, 1.82) is 0 Å². The van der Waals surface area contributed by atoms with Crippen LogP contribution in [0.3, 0.4) is 0 Å². The summed E-state index contributed by atoms with van der Waals surface area (Å²) in [6, 6.07) is 16.3. The molecule has 2 aromatic rings. The fraction of sp³-hybridized carbons (Fsp3) is 0.538. The van der Waals surface area contributed by atoms with Crippen LogP contribution in [0.5, 0.6) is 11.5 Å². The molecule has 0 atom stereocenters. The summed E-state index contributed by atoms with van der Waals surface area (Å²) in [6.07, 6.45) is 15.5. The average molecular weight is 380 g/mol. The van der Waals surface area contributed by atoms with Crippen molar-refractivity contribution in [3.63, 3.8) is 0 Å². The largest absolute Gasteiger partial charge is 0.457 e. The number of benzene rings is 2. The van der Waals surface area contributed by atoms with Crippen LogP contribution in [0.15, 0.2) is 48.5 Å². The van der Waals surface area contributed by atoms with Gasteiger partial charge in [-0.05, 0) is 79.5 Å². The summed E-state index contributed by atoms with van der Waals surface area (Å²) in [5, 5.41) is 0. The van der Waals surface area contributed by atoms with Crippen LogP contribution >= 0.6 is 0 Å². The molecule has 1 fully saturated rings. The maximum absolute atomic E-state index is 5.92. The molecule has 1 saturated carbocycles. The monoisotopic (exact) mass is 379 g/mol. The number of unbranched alkanes of at least 4 members (excludes halogenated alkanes) is 5. The molecule has 152 valence electrons. The van der Waals surface area contributed by atoms with Gasteiger partial charge in [-0.25, -0.2) is 0 Å².